The smallest absolute Gasteiger partial charge is 0.413 e. The van der Waals surface area contributed by atoms with E-state index in [1.54, 1.807) is 41.3 Å². The van der Waals surface area contributed by atoms with E-state index in [9.17, 15) is 53.4 Å². The maximum atomic E-state index is 13.5. The summed E-state index contributed by atoms with van der Waals surface area (Å²) in [6.45, 7) is 1.22. The number of H-pyrrole nitrogens is 1. The Hall–Kier alpha value is -8.24. The molecule has 2 saturated heterocycles. The number of piperazine rings is 1. The molecule has 1 aliphatic carbocycles. The Bertz CT molecular complexity index is 3080. The molecule has 2 aromatic carbocycles. The summed E-state index contributed by atoms with van der Waals surface area (Å²) in [5, 5.41) is 27.5. The number of carboxylic acid groups (broad SMARTS) is 2. The molecule has 6 atom stereocenters. The molecule has 0 bridgehead atoms. The summed E-state index contributed by atoms with van der Waals surface area (Å²) in [5.41, 5.74) is 16.8. The van der Waals surface area contributed by atoms with Crippen molar-refractivity contribution in [1.29, 1.82) is 0 Å². The molecule has 73 heavy (non-hydrogen) atoms. The van der Waals surface area contributed by atoms with Gasteiger partial charge in [0, 0.05) is 59.0 Å². The second kappa shape index (κ2) is 20.8. The van der Waals surface area contributed by atoms with Crippen molar-refractivity contribution < 1.29 is 62.8 Å². The molecule has 0 saturated carbocycles. The van der Waals surface area contributed by atoms with E-state index in [2.05, 4.69) is 35.9 Å². The molecule has 1 unspecified atom stereocenters. The number of amides is 4. The number of anilines is 2. The van der Waals surface area contributed by atoms with Crippen LogP contribution >= 0.6 is 21.6 Å². The Balaban J connectivity index is 0.770. The molecular formula is C45H46N12O14S2. The molecule has 4 aliphatic rings. The summed E-state index contributed by atoms with van der Waals surface area (Å²) >= 11 is 0. The fourth-order valence-corrected chi connectivity index (χ4v) is 11.2. The van der Waals surface area contributed by atoms with Crippen molar-refractivity contribution in [1.82, 2.24) is 40.4 Å². The van der Waals surface area contributed by atoms with Crippen LogP contribution in [0.2, 0.25) is 0 Å². The van der Waals surface area contributed by atoms with Crippen LogP contribution in [0.3, 0.4) is 0 Å². The number of nitrogen functional groups attached to an aromatic ring is 1. The van der Waals surface area contributed by atoms with E-state index >= 15 is 0 Å². The zero-order valence-corrected chi connectivity index (χ0v) is 40.2. The number of Topliss-reactive ketones (excluding diaryl/α,β-unsaturated/α-hetero) is 2. The van der Waals surface area contributed by atoms with E-state index in [-0.39, 0.29) is 83.7 Å². The van der Waals surface area contributed by atoms with Crippen molar-refractivity contribution in [2.24, 2.45) is 17.4 Å². The molecule has 0 spiro atoms. The lowest BCUT2D eigenvalue weighted by Gasteiger charge is -2.33. The molecule has 8 rings (SSSR count). The van der Waals surface area contributed by atoms with Crippen LogP contribution in [0.15, 0.2) is 87.0 Å². The van der Waals surface area contributed by atoms with Gasteiger partial charge in [0.1, 0.15) is 31.3 Å². The van der Waals surface area contributed by atoms with E-state index in [0.717, 1.165) is 10.8 Å². The molecule has 4 amide bonds. The number of ether oxygens (including phenoxy) is 3. The number of nitrogens with two attached hydrogens (primary N) is 3. The minimum Gasteiger partial charge on any atom is -0.480 e. The third kappa shape index (κ3) is 10.3. The molecule has 2 fully saturated rings. The lowest BCUT2D eigenvalue weighted by Crippen LogP contribution is -2.49. The van der Waals surface area contributed by atoms with Crippen LogP contribution in [0, 0.1) is 5.92 Å². The first-order valence-electron chi connectivity index (χ1n) is 22.1. The van der Waals surface area contributed by atoms with Crippen molar-refractivity contribution in [2.75, 3.05) is 37.1 Å². The Morgan fingerprint density at radius 3 is 2.33 bits per heavy atom. The maximum Gasteiger partial charge on any atom is 0.413 e. The monoisotopic (exact) mass is 1040 g/mol. The standard InChI is InChI=1S/C45H46N12O14S2/c1-19-31(46)35(60)30-25(17-70-43(48)67)36-45(69-2)28(15-56(36)33(30)34(19)59)57(45)44(68)71-16-20-3-9-24(10-4-20)73-72-18-27(41(65)66)52-29(58)12-11-26(40(63)64)53-38(61)21-5-7-22(8-6-21)49-13-23-14-50-37-32(51-23)39(62)55-42(47)54-37/h3-10,14,25-28,36,49H,11-13,15-18,46H2,1-2H3,(H2,48,67)(H,52,58)(H,53,61)(H,63,64)(H,65,66)(H3,47,50,54,55,62)/t25-,26+,27+,28+,36?,45-,57?/m1/s1. The minimum absolute atomic E-state index is 0.0121. The van der Waals surface area contributed by atoms with E-state index < -0.39 is 95.3 Å². The SMILES string of the molecule is CO[C@@]12C3[C@H](COC(N)=O)C4=C(C(=O)C(C)=C(N)C4=O)N3C[C@@H]1N2C(=O)OCc1ccc(SSC[C@H](NC(=O)CC[C@H](NC(=O)c2ccc(NCc3cnc4nc(N)[nH]c(=O)c4n3)cc2)C(=O)O)C(=O)O)cc1. The fraction of sp³-hybridized carbons (Fsp3) is 0.333. The second-order valence-corrected chi connectivity index (χ2v) is 19.4. The molecule has 0 radical (unpaired) electrons. The van der Waals surface area contributed by atoms with E-state index in [1.807, 2.05) is 0 Å². The van der Waals surface area contributed by atoms with Gasteiger partial charge in [-0.15, -0.1) is 0 Å². The van der Waals surface area contributed by atoms with Gasteiger partial charge in [-0.3, -0.25) is 33.9 Å². The predicted molar refractivity (Wildman–Crippen MR) is 258 cm³/mol. The van der Waals surface area contributed by atoms with Gasteiger partial charge in [0.05, 0.1) is 35.9 Å². The number of methoxy groups -OCH3 is 1. The number of ketones is 2. The van der Waals surface area contributed by atoms with Gasteiger partial charge in [-0.1, -0.05) is 33.7 Å². The van der Waals surface area contributed by atoms with Gasteiger partial charge >= 0.3 is 24.1 Å². The first-order chi connectivity index (χ1) is 34.8. The number of allylic oxidation sites excluding steroid dienone is 2. The van der Waals surface area contributed by atoms with Crippen LogP contribution < -0.4 is 38.7 Å². The number of fused-ring (bicyclic) bond motifs is 5. The number of nitrogens with zero attached hydrogens (tertiary/aromatic N) is 5. The topological polar surface area (TPSA) is 397 Å². The van der Waals surface area contributed by atoms with Crippen LogP contribution in [-0.2, 0) is 51.3 Å². The summed E-state index contributed by atoms with van der Waals surface area (Å²) < 4.78 is 16.7. The molecule has 3 aliphatic heterocycles. The van der Waals surface area contributed by atoms with Gasteiger partial charge in [-0.25, -0.2) is 29.1 Å². The third-order valence-corrected chi connectivity index (χ3v) is 15.0. The zero-order valence-electron chi connectivity index (χ0n) is 38.6. The largest absolute Gasteiger partial charge is 0.480 e. The summed E-state index contributed by atoms with van der Waals surface area (Å²) in [4.78, 5) is 132. The molecule has 382 valence electrons. The van der Waals surface area contributed by atoms with E-state index in [0.29, 0.717) is 21.8 Å². The molecule has 12 N–H and O–H groups in total. The highest BCUT2D eigenvalue weighted by molar-refractivity contribution is 8.76. The fourth-order valence-electron chi connectivity index (χ4n) is 8.99. The Kier molecular flexibility index (Phi) is 14.6. The average Bonchev–Trinajstić information content (AvgIpc) is 3.70. The first kappa shape index (κ1) is 51.1. The van der Waals surface area contributed by atoms with Crippen molar-refractivity contribution in [3.05, 3.63) is 104 Å². The molecule has 26 nitrogen and oxygen atoms in total. The number of carboxylic acids is 2. The highest BCUT2D eigenvalue weighted by Crippen LogP contribution is 2.60. The number of nitrogens with one attached hydrogen (secondary N) is 4. The Morgan fingerprint density at radius 1 is 0.945 bits per heavy atom. The van der Waals surface area contributed by atoms with Gasteiger partial charge < -0.3 is 62.5 Å². The second-order valence-electron chi connectivity index (χ2n) is 17.0. The Morgan fingerprint density at radius 2 is 1.66 bits per heavy atom. The van der Waals surface area contributed by atoms with Crippen LogP contribution in [0.25, 0.3) is 11.2 Å². The summed E-state index contributed by atoms with van der Waals surface area (Å²) in [6, 6.07) is 8.69. The molecule has 2 aromatic heterocycles. The van der Waals surface area contributed by atoms with Crippen LogP contribution in [0.4, 0.5) is 21.2 Å². The van der Waals surface area contributed by atoms with Crippen molar-refractivity contribution in [2.45, 2.75) is 67.7 Å². The number of hydrogen-bond donors (Lipinski definition) is 9. The van der Waals surface area contributed by atoms with E-state index in [1.165, 1.54) is 48.1 Å². The number of carbonyl (C=O) groups is 8. The number of carbonyl (C=O) groups excluding carboxylic acids is 6. The lowest BCUT2D eigenvalue weighted by molar-refractivity contribution is -0.142. The zero-order chi connectivity index (χ0) is 52.5. The number of aromatic amines is 1. The first-order valence-corrected chi connectivity index (χ1v) is 24.4. The van der Waals surface area contributed by atoms with E-state index in [4.69, 9.17) is 31.4 Å². The highest BCUT2D eigenvalue weighted by Gasteiger charge is 2.80. The predicted octanol–water partition coefficient (Wildman–Crippen LogP) is 0.592. The quantitative estimate of drug-likeness (QED) is 0.0332. The van der Waals surface area contributed by atoms with Crippen LogP contribution in [-0.4, -0.2) is 143 Å². The summed E-state index contributed by atoms with van der Waals surface area (Å²) in [5.74, 6) is -6.29. The maximum absolute atomic E-state index is 13.5. The van der Waals surface area contributed by atoms with Crippen LogP contribution in [0.5, 0.6) is 0 Å². The minimum atomic E-state index is -1.48. The number of aromatic nitrogens is 4. The third-order valence-electron chi connectivity index (χ3n) is 12.6. The van der Waals surface area contributed by atoms with Gasteiger partial charge in [0.15, 0.2) is 16.9 Å². The number of primary amides is 1. The van der Waals surface area contributed by atoms with Gasteiger partial charge in [0.25, 0.3) is 11.5 Å². The van der Waals surface area contributed by atoms with Gasteiger partial charge in [-0.05, 0) is 55.3 Å². The number of benzene rings is 2. The number of aliphatic carboxylic acids is 2. The van der Waals surface area contributed by atoms with Crippen LogP contribution in [0.1, 0.15) is 41.4 Å². The lowest BCUT2D eigenvalue weighted by atomic mass is 9.83. The molecule has 5 heterocycles. The summed E-state index contributed by atoms with van der Waals surface area (Å²) in [7, 11) is 3.74. The van der Waals surface area contributed by atoms with Crippen molar-refractivity contribution in [3.63, 3.8) is 0 Å². The summed E-state index contributed by atoms with van der Waals surface area (Å²) in [6.07, 6.45) is -1.15. The number of rotatable bonds is 20. The molecule has 28 heteroatoms. The average molecular weight is 1040 g/mol. The van der Waals surface area contributed by atoms with Gasteiger partial charge in [0.2, 0.25) is 23.4 Å². The normalized spacial score (nSPS) is 20.4. The van der Waals surface area contributed by atoms with Gasteiger partial charge in [-0.2, -0.15) is 4.98 Å². The molecule has 4 aromatic rings. The van der Waals surface area contributed by atoms with Crippen molar-refractivity contribution in [3.8, 4) is 0 Å². The Labute approximate surface area is 420 Å². The highest BCUT2D eigenvalue weighted by atomic mass is 33.1. The van der Waals surface area contributed by atoms with Crippen molar-refractivity contribution >= 4 is 91.9 Å². The number of hydrogen-bond acceptors (Lipinski definition) is 21. The molecular weight excluding hydrogens is 997 g/mol.